The summed E-state index contributed by atoms with van der Waals surface area (Å²) >= 11 is 0. The first kappa shape index (κ1) is 24.8. The second kappa shape index (κ2) is 10.4. The number of benzene rings is 2. The molecule has 34 heavy (non-hydrogen) atoms. The van der Waals surface area contributed by atoms with Gasteiger partial charge >= 0.3 is 5.97 Å². The molecule has 0 aliphatic heterocycles. The lowest BCUT2D eigenvalue weighted by Gasteiger charge is -2.30. The number of furan rings is 1. The SMILES string of the molecule is CNC(=O)[C@@H](NC(=O)C(CC(=O)O)c1ccc(-c2ccc(-c3ccccc3)cc2)o1)C(C)(C)C. The lowest BCUT2D eigenvalue weighted by Crippen LogP contribution is -2.54. The Kier molecular flexibility index (Phi) is 7.56. The van der Waals surface area contributed by atoms with Crippen LogP contribution < -0.4 is 10.6 Å². The first-order valence-electron chi connectivity index (χ1n) is 11.1. The summed E-state index contributed by atoms with van der Waals surface area (Å²) in [5.41, 5.74) is 2.38. The number of carbonyl (C=O) groups is 3. The number of hydrogen-bond acceptors (Lipinski definition) is 4. The third kappa shape index (κ3) is 5.92. The Morgan fingerprint density at radius 2 is 1.44 bits per heavy atom. The third-order valence-corrected chi connectivity index (χ3v) is 5.60. The molecule has 7 heteroatoms. The maximum atomic E-state index is 13.1. The highest BCUT2D eigenvalue weighted by molar-refractivity contribution is 5.92. The van der Waals surface area contributed by atoms with Gasteiger partial charge in [0, 0.05) is 12.6 Å². The van der Waals surface area contributed by atoms with Crippen LogP contribution in [-0.4, -0.2) is 36.0 Å². The highest BCUT2D eigenvalue weighted by Crippen LogP contribution is 2.31. The summed E-state index contributed by atoms with van der Waals surface area (Å²) in [4.78, 5) is 36.9. The van der Waals surface area contributed by atoms with Gasteiger partial charge in [0.1, 0.15) is 23.5 Å². The fourth-order valence-corrected chi connectivity index (χ4v) is 3.71. The van der Waals surface area contributed by atoms with Gasteiger partial charge in [-0.2, -0.15) is 0 Å². The molecule has 3 aromatic rings. The maximum absolute atomic E-state index is 13.1. The second-order valence-electron chi connectivity index (χ2n) is 9.22. The normalized spacial score (nSPS) is 13.1. The Morgan fingerprint density at radius 3 is 2.00 bits per heavy atom. The van der Waals surface area contributed by atoms with Crippen LogP contribution in [0.2, 0.25) is 0 Å². The van der Waals surface area contributed by atoms with Gasteiger partial charge in [-0.3, -0.25) is 14.4 Å². The molecule has 1 aromatic heterocycles. The van der Waals surface area contributed by atoms with Gasteiger partial charge in [-0.1, -0.05) is 75.4 Å². The minimum absolute atomic E-state index is 0.228. The lowest BCUT2D eigenvalue weighted by molar-refractivity contribution is -0.140. The monoisotopic (exact) mass is 462 g/mol. The van der Waals surface area contributed by atoms with E-state index in [1.54, 1.807) is 12.1 Å². The Morgan fingerprint density at radius 1 is 0.853 bits per heavy atom. The summed E-state index contributed by atoms with van der Waals surface area (Å²) in [6, 6.07) is 20.2. The summed E-state index contributed by atoms with van der Waals surface area (Å²) in [5, 5.41) is 14.7. The van der Waals surface area contributed by atoms with Crippen molar-refractivity contribution in [3.05, 3.63) is 72.5 Å². The predicted octanol–water partition coefficient (Wildman–Crippen LogP) is 4.45. The van der Waals surface area contributed by atoms with Crippen molar-refractivity contribution in [1.82, 2.24) is 10.6 Å². The van der Waals surface area contributed by atoms with Crippen LogP contribution in [0.3, 0.4) is 0 Å². The molecule has 0 saturated heterocycles. The standard InChI is InChI=1S/C27H30N2O5/c1-27(2,3)24(26(33)28-4)29-25(32)20(16-23(30)31)22-15-14-21(34-22)19-12-10-18(11-13-19)17-8-6-5-7-9-17/h5-15,20,24H,16H2,1-4H3,(H,28,33)(H,29,32)(H,30,31)/t20?,24-/m1/s1. The molecule has 1 heterocycles. The van der Waals surface area contributed by atoms with Gasteiger partial charge in [0.25, 0.3) is 0 Å². The summed E-state index contributed by atoms with van der Waals surface area (Å²) in [5.74, 6) is -2.40. The fourth-order valence-electron chi connectivity index (χ4n) is 3.71. The molecule has 1 unspecified atom stereocenters. The molecule has 0 saturated carbocycles. The molecule has 0 aliphatic rings. The van der Waals surface area contributed by atoms with E-state index < -0.39 is 35.7 Å². The molecular weight excluding hydrogens is 432 g/mol. The summed E-state index contributed by atoms with van der Waals surface area (Å²) in [6.45, 7) is 5.47. The van der Waals surface area contributed by atoms with E-state index in [4.69, 9.17) is 4.42 Å². The Bertz CT molecular complexity index is 1140. The number of carboxylic acids is 1. The number of aliphatic carboxylic acids is 1. The Labute approximate surface area is 199 Å². The second-order valence-corrected chi connectivity index (χ2v) is 9.22. The fraction of sp³-hybridized carbons (Fsp3) is 0.296. The smallest absolute Gasteiger partial charge is 0.304 e. The van der Waals surface area contributed by atoms with Crippen molar-refractivity contribution in [2.24, 2.45) is 5.41 Å². The molecule has 0 aliphatic carbocycles. The van der Waals surface area contributed by atoms with Crippen molar-refractivity contribution in [3.8, 4) is 22.5 Å². The van der Waals surface area contributed by atoms with E-state index in [0.29, 0.717) is 5.76 Å². The van der Waals surface area contributed by atoms with Crippen LogP contribution in [0.15, 0.2) is 71.1 Å². The van der Waals surface area contributed by atoms with Crippen LogP contribution in [0.25, 0.3) is 22.5 Å². The molecule has 3 rings (SSSR count). The number of rotatable bonds is 8. The van der Waals surface area contributed by atoms with Crippen LogP contribution in [0.1, 0.15) is 38.9 Å². The van der Waals surface area contributed by atoms with Crippen molar-refractivity contribution in [2.75, 3.05) is 7.05 Å². The Balaban J connectivity index is 1.84. The average Bonchev–Trinajstić information content (AvgIpc) is 3.30. The topological polar surface area (TPSA) is 109 Å². The van der Waals surface area contributed by atoms with E-state index >= 15 is 0 Å². The minimum Gasteiger partial charge on any atom is -0.481 e. The van der Waals surface area contributed by atoms with Crippen LogP contribution >= 0.6 is 0 Å². The van der Waals surface area contributed by atoms with Crippen LogP contribution in [0.4, 0.5) is 0 Å². The number of carboxylic acid groups (broad SMARTS) is 1. The number of nitrogens with one attached hydrogen (secondary N) is 2. The van der Waals surface area contributed by atoms with Crippen molar-refractivity contribution in [1.29, 1.82) is 0 Å². The van der Waals surface area contributed by atoms with E-state index in [-0.39, 0.29) is 11.7 Å². The number of likely N-dealkylation sites (N-methyl/N-ethyl adjacent to an activating group) is 1. The molecule has 3 N–H and O–H groups in total. The molecule has 2 atom stereocenters. The van der Waals surface area contributed by atoms with Gasteiger partial charge in [-0.15, -0.1) is 0 Å². The molecule has 0 bridgehead atoms. The van der Waals surface area contributed by atoms with E-state index in [1.165, 1.54) is 7.05 Å². The average molecular weight is 463 g/mol. The number of hydrogen-bond donors (Lipinski definition) is 3. The molecule has 178 valence electrons. The summed E-state index contributed by atoms with van der Waals surface area (Å²) < 4.78 is 5.93. The van der Waals surface area contributed by atoms with Gasteiger partial charge < -0.3 is 20.2 Å². The molecule has 2 aromatic carbocycles. The minimum atomic E-state index is -1.14. The van der Waals surface area contributed by atoms with Gasteiger partial charge in [0.15, 0.2) is 0 Å². The molecule has 2 amide bonds. The van der Waals surface area contributed by atoms with E-state index in [9.17, 15) is 19.5 Å². The molecular formula is C27H30N2O5. The first-order valence-corrected chi connectivity index (χ1v) is 11.1. The van der Waals surface area contributed by atoms with Gasteiger partial charge in [0.05, 0.1) is 6.42 Å². The van der Waals surface area contributed by atoms with Gasteiger partial charge in [-0.05, 0) is 28.7 Å². The van der Waals surface area contributed by atoms with Crippen LogP contribution in [-0.2, 0) is 14.4 Å². The first-order chi connectivity index (χ1) is 16.1. The number of carbonyl (C=O) groups excluding carboxylic acids is 2. The van der Waals surface area contributed by atoms with Crippen molar-refractivity contribution < 1.29 is 23.9 Å². The number of amides is 2. The Hall–Kier alpha value is -3.87. The summed E-state index contributed by atoms with van der Waals surface area (Å²) in [6.07, 6.45) is -0.462. The van der Waals surface area contributed by atoms with E-state index in [1.807, 2.05) is 75.4 Å². The zero-order chi connectivity index (χ0) is 24.9. The van der Waals surface area contributed by atoms with Crippen molar-refractivity contribution in [3.63, 3.8) is 0 Å². The molecule has 0 spiro atoms. The zero-order valence-corrected chi connectivity index (χ0v) is 19.8. The molecule has 0 radical (unpaired) electrons. The molecule has 7 nitrogen and oxygen atoms in total. The largest absolute Gasteiger partial charge is 0.481 e. The van der Waals surface area contributed by atoms with E-state index in [0.717, 1.165) is 16.7 Å². The van der Waals surface area contributed by atoms with Gasteiger partial charge in [-0.25, -0.2) is 0 Å². The highest BCUT2D eigenvalue weighted by atomic mass is 16.4. The predicted molar refractivity (Wildman–Crippen MR) is 130 cm³/mol. The highest BCUT2D eigenvalue weighted by Gasteiger charge is 2.36. The maximum Gasteiger partial charge on any atom is 0.304 e. The zero-order valence-electron chi connectivity index (χ0n) is 19.8. The van der Waals surface area contributed by atoms with Crippen molar-refractivity contribution >= 4 is 17.8 Å². The van der Waals surface area contributed by atoms with Gasteiger partial charge in [0.2, 0.25) is 11.8 Å². The van der Waals surface area contributed by atoms with Crippen molar-refractivity contribution in [2.45, 2.75) is 39.2 Å². The van der Waals surface area contributed by atoms with Crippen LogP contribution in [0.5, 0.6) is 0 Å². The molecule has 0 fully saturated rings. The third-order valence-electron chi connectivity index (χ3n) is 5.60. The lowest BCUT2D eigenvalue weighted by atomic mass is 9.85. The summed E-state index contributed by atoms with van der Waals surface area (Å²) in [7, 11) is 1.49. The quantitative estimate of drug-likeness (QED) is 0.458. The van der Waals surface area contributed by atoms with E-state index in [2.05, 4.69) is 10.6 Å². The van der Waals surface area contributed by atoms with Crippen LogP contribution in [0, 0.1) is 5.41 Å².